The standard InChI is InChI=1S/C4H5N3O2/c1-9-4(6)3(2-5)7-8/h6,8H,1H3/b6-4?,7-3+. The average molecular weight is 127 g/mol. The van der Waals surface area contributed by atoms with E-state index in [0.717, 1.165) is 0 Å². The second-order valence-corrected chi connectivity index (χ2v) is 1.09. The van der Waals surface area contributed by atoms with Crippen molar-refractivity contribution in [1.29, 1.82) is 10.7 Å². The largest absolute Gasteiger partial charge is 0.479 e. The Kier molecular flexibility index (Phi) is 2.84. The third-order valence-electron chi connectivity index (χ3n) is 0.625. The number of hydrogen-bond acceptors (Lipinski definition) is 5. The molecule has 0 aliphatic carbocycles. The van der Waals surface area contributed by atoms with Crippen LogP contribution in [0, 0.1) is 16.7 Å². The van der Waals surface area contributed by atoms with E-state index in [1.165, 1.54) is 13.2 Å². The number of methoxy groups -OCH3 is 1. The molecular formula is C4H5N3O2. The van der Waals surface area contributed by atoms with Crippen molar-refractivity contribution in [2.45, 2.75) is 0 Å². The molecule has 0 saturated carbocycles. The zero-order valence-corrected chi connectivity index (χ0v) is 4.75. The molecule has 0 heterocycles. The fraction of sp³-hybridized carbons (Fsp3) is 0.250. The molecule has 0 amide bonds. The fourth-order valence-electron chi connectivity index (χ4n) is 0.215. The van der Waals surface area contributed by atoms with E-state index in [2.05, 4.69) is 9.89 Å². The summed E-state index contributed by atoms with van der Waals surface area (Å²) in [5, 5.41) is 25.3. The van der Waals surface area contributed by atoms with Crippen LogP contribution in [0.4, 0.5) is 0 Å². The molecule has 0 aromatic carbocycles. The van der Waals surface area contributed by atoms with E-state index in [0.29, 0.717) is 0 Å². The summed E-state index contributed by atoms with van der Waals surface area (Å²) >= 11 is 0. The van der Waals surface area contributed by atoms with E-state index in [1.54, 1.807) is 0 Å². The van der Waals surface area contributed by atoms with Crippen molar-refractivity contribution in [2.24, 2.45) is 5.16 Å². The molecule has 5 nitrogen and oxygen atoms in total. The molecule has 5 heteroatoms. The topological polar surface area (TPSA) is 89.5 Å². The van der Waals surface area contributed by atoms with Gasteiger partial charge in [-0.25, -0.2) is 0 Å². The van der Waals surface area contributed by atoms with Gasteiger partial charge in [-0.05, 0) is 0 Å². The maximum atomic E-state index is 8.07. The minimum absolute atomic E-state index is 0.433. The molecule has 0 saturated heterocycles. The van der Waals surface area contributed by atoms with Crippen LogP contribution >= 0.6 is 0 Å². The molecule has 9 heavy (non-hydrogen) atoms. The number of nitriles is 1. The monoisotopic (exact) mass is 127 g/mol. The van der Waals surface area contributed by atoms with Crippen molar-refractivity contribution in [2.75, 3.05) is 7.11 Å². The number of nitrogens with zero attached hydrogens (tertiary/aromatic N) is 2. The molecule has 0 aromatic rings. The van der Waals surface area contributed by atoms with Crippen LogP contribution < -0.4 is 0 Å². The normalized spacial score (nSPS) is 10.0. The number of hydrogen-bond donors (Lipinski definition) is 2. The summed E-state index contributed by atoms with van der Waals surface area (Å²) in [6, 6.07) is 1.45. The van der Waals surface area contributed by atoms with Crippen LogP contribution in [-0.4, -0.2) is 23.9 Å². The summed E-state index contributed by atoms with van der Waals surface area (Å²) in [5.41, 5.74) is -0.433. The molecule has 0 aliphatic rings. The van der Waals surface area contributed by atoms with E-state index in [-0.39, 0.29) is 0 Å². The molecule has 0 atom stereocenters. The third-order valence-corrected chi connectivity index (χ3v) is 0.625. The van der Waals surface area contributed by atoms with Gasteiger partial charge in [-0.3, -0.25) is 5.41 Å². The molecule has 0 aromatic heterocycles. The van der Waals surface area contributed by atoms with Gasteiger partial charge < -0.3 is 9.94 Å². The van der Waals surface area contributed by atoms with E-state index in [4.69, 9.17) is 15.9 Å². The van der Waals surface area contributed by atoms with Crippen molar-refractivity contribution in [1.82, 2.24) is 0 Å². The van der Waals surface area contributed by atoms with E-state index in [1.807, 2.05) is 0 Å². The summed E-state index contributed by atoms with van der Waals surface area (Å²) in [7, 11) is 1.21. The smallest absolute Gasteiger partial charge is 0.246 e. The Morgan fingerprint density at radius 2 is 2.44 bits per heavy atom. The predicted octanol–water partition coefficient (Wildman–Crippen LogP) is -0.0362. The Morgan fingerprint density at radius 3 is 2.56 bits per heavy atom. The van der Waals surface area contributed by atoms with Crippen molar-refractivity contribution >= 4 is 11.6 Å². The van der Waals surface area contributed by atoms with Gasteiger partial charge >= 0.3 is 0 Å². The SMILES string of the molecule is COC(=N)/C(C#N)=N/O. The lowest BCUT2D eigenvalue weighted by Gasteiger charge is -1.93. The van der Waals surface area contributed by atoms with Gasteiger partial charge in [0.2, 0.25) is 11.6 Å². The first kappa shape index (κ1) is 7.43. The minimum atomic E-state index is -0.444. The van der Waals surface area contributed by atoms with Crippen LogP contribution in [0.1, 0.15) is 0 Å². The van der Waals surface area contributed by atoms with Crippen molar-refractivity contribution < 1.29 is 9.94 Å². The molecule has 0 unspecified atom stereocenters. The van der Waals surface area contributed by atoms with Crippen molar-refractivity contribution in [3.8, 4) is 6.07 Å². The fourth-order valence-corrected chi connectivity index (χ4v) is 0.215. The zero-order valence-electron chi connectivity index (χ0n) is 4.75. The first-order chi connectivity index (χ1) is 4.26. The molecular weight excluding hydrogens is 122 g/mol. The van der Waals surface area contributed by atoms with Gasteiger partial charge in [-0.15, -0.1) is 0 Å². The molecule has 2 N–H and O–H groups in total. The first-order valence-corrected chi connectivity index (χ1v) is 2.01. The Hall–Kier alpha value is -1.57. The Morgan fingerprint density at radius 1 is 1.89 bits per heavy atom. The highest BCUT2D eigenvalue weighted by molar-refractivity contribution is 6.43. The summed E-state index contributed by atoms with van der Waals surface area (Å²) in [6.07, 6.45) is 0. The molecule has 0 aliphatic heterocycles. The lowest BCUT2D eigenvalue weighted by atomic mass is 10.4. The van der Waals surface area contributed by atoms with Gasteiger partial charge in [0.25, 0.3) is 0 Å². The maximum absolute atomic E-state index is 8.07. The number of nitrogens with one attached hydrogen (secondary N) is 1. The third kappa shape index (κ3) is 1.78. The Balaban J connectivity index is 4.19. The average Bonchev–Trinajstić information content (AvgIpc) is 1.90. The second-order valence-electron chi connectivity index (χ2n) is 1.09. The van der Waals surface area contributed by atoms with Crippen LogP contribution in [0.3, 0.4) is 0 Å². The maximum Gasteiger partial charge on any atom is 0.246 e. The molecule has 0 fully saturated rings. The number of ether oxygens (including phenoxy) is 1. The Labute approximate surface area is 51.7 Å². The highest BCUT2D eigenvalue weighted by atomic mass is 16.5. The van der Waals surface area contributed by atoms with Gasteiger partial charge in [0, 0.05) is 0 Å². The number of oxime groups is 1. The summed E-state index contributed by atoms with van der Waals surface area (Å²) < 4.78 is 4.26. The molecule has 0 bridgehead atoms. The van der Waals surface area contributed by atoms with Gasteiger partial charge in [-0.2, -0.15) is 5.26 Å². The van der Waals surface area contributed by atoms with Gasteiger partial charge in [0.1, 0.15) is 6.07 Å². The Bertz CT molecular complexity index is 179. The summed E-state index contributed by atoms with van der Waals surface area (Å²) in [5.74, 6) is -0.444. The van der Waals surface area contributed by atoms with Gasteiger partial charge in [0.15, 0.2) is 0 Å². The van der Waals surface area contributed by atoms with Crippen molar-refractivity contribution in [3.63, 3.8) is 0 Å². The molecule has 0 spiro atoms. The van der Waals surface area contributed by atoms with Crippen LogP contribution in [0.2, 0.25) is 0 Å². The van der Waals surface area contributed by atoms with Gasteiger partial charge in [0.05, 0.1) is 7.11 Å². The van der Waals surface area contributed by atoms with Crippen LogP contribution in [-0.2, 0) is 4.74 Å². The lowest BCUT2D eigenvalue weighted by molar-refractivity contribution is 0.318. The quantitative estimate of drug-likeness (QED) is 0.224. The first-order valence-electron chi connectivity index (χ1n) is 2.01. The molecule has 48 valence electrons. The van der Waals surface area contributed by atoms with E-state index >= 15 is 0 Å². The number of rotatable bonds is 1. The summed E-state index contributed by atoms with van der Waals surface area (Å²) in [6.45, 7) is 0. The van der Waals surface area contributed by atoms with E-state index in [9.17, 15) is 0 Å². The van der Waals surface area contributed by atoms with Crippen molar-refractivity contribution in [3.05, 3.63) is 0 Å². The summed E-state index contributed by atoms with van der Waals surface area (Å²) in [4.78, 5) is 0. The molecule has 0 radical (unpaired) electrons. The minimum Gasteiger partial charge on any atom is -0.479 e. The second kappa shape index (κ2) is 3.43. The van der Waals surface area contributed by atoms with Crippen LogP contribution in [0.25, 0.3) is 0 Å². The highest BCUT2D eigenvalue weighted by Gasteiger charge is 2.04. The highest BCUT2D eigenvalue weighted by Crippen LogP contribution is 1.78. The van der Waals surface area contributed by atoms with Gasteiger partial charge in [-0.1, -0.05) is 5.16 Å². The van der Waals surface area contributed by atoms with Crippen LogP contribution in [0.15, 0.2) is 5.16 Å². The zero-order chi connectivity index (χ0) is 7.28. The van der Waals surface area contributed by atoms with E-state index < -0.39 is 11.6 Å². The molecule has 0 rings (SSSR count). The lowest BCUT2D eigenvalue weighted by Crippen LogP contribution is -2.12. The van der Waals surface area contributed by atoms with Crippen LogP contribution in [0.5, 0.6) is 0 Å². The predicted molar refractivity (Wildman–Crippen MR) is 29.6 cm³/mol.